The van der Waals surface area contributed by atoms with Gasteiger partial charge in [-0.25, -0.2) is 9.37 Å². The lowest BCUT2D eigenvalue weighted by Gasteiger charge is -2.08. The van der Waals surface area contributed by atoms with Crippen LogP contribution in [0.1, 0.15) is 21.5 Å². The normalized spacial score (nSPS) is 10.6. The van der Waals surface area contributed by atoms with E-state index < -0.39 is 5.82 Å². The van der Waals surface area contributed by atoms with E-state index in [-0.39, 0.29) is 24.6 Å². The van der Waals surface area contributed by atoms with E-state index in [9.17, 15) is 9.18 Å². The first kappa shape index (κ1) is 16.3. The molecule has 0 atom stereocenters. The molecule has 0 unspecified atom stereocenters. The number of hydrogen-bond donors (Lipinski definition) is 2. The lowest BCUT2D eigenvalue weighted by Crippen LogP contribution is -2.22. The summed E-state index contributed by atoms with van der Waals surface area (Å²) >= 11 is 1.52. The third kappa shape index (κ3) is 3.67. The molecule has 0 aliphatic rings. The minimum Gasteiger partial charge on any atom is -0.392 e. The van der Waals surface area contributed by atoms with Gasteiger partial charge in [-0.3, -0.25) is 4.79 Å². The lowest BCUT2D eigenvalue weighted by molar-refractivity contribution is 0.0951. The minimum absolute atomic E-state index is 0.213. The quantitative estimate of drug-likeness (QED) is 0.747. The number of halogens is 1. The van der Waals surface area contributed by atoms with E-state index in [1.54, 1.807) is 29.8 Å². The van der Waals surface area contributed by atoms with Crippen molar-refractivity contribution in [3.8, 4) is 11.3 Å². The molecular weight excluding hydrogens is 327 g/mol. The third-order valence-electron chi connectivity index (χ3n) is 3.61. The molecule has 0 saturated heterocycles. The summed E-state index contributed by atoms with van der Waals surface area (Å²) in [5.41, 5.74) is 5.09. The first-order valence-electron chi connectivity index (χ1n) is 7.32. The number of carbonyl (C=O) groups is 1. The van der Waals surface area contributed by atoms with E-state index in [0.29, 0.717) is 5.56 Å². The molecule has 4 nitrogen and oxygen atoms in total. The van der Waals surface area contributed by atoms with Crippen molar-refractivity contribution in [3.05, 3.63) is 75.9 Å². The molecule has 6 heteroatoms. The zero-order valence-electron chi connectivity index (χ0n) is 12.7. The van der Waals surface area contributed by atoms with Gasteiger partial charge in [-0.05, 0) is 29.8 Å². The number of aliphatic hydroxyl groups excluding tert-OH is 1. The van der Waals surface area contributed by atoms with Crippen LogP contribution in [0.25, 0.3) is 11.3 Å². The summed E-state index contributed by atoms with van der Waals surface area (Å²) in [6, 6.07) is 11.6. The van der Waals surface area contributed by atoms with Crippen LogP contribution in [-0.4, -0.2) is 16.0 Å². The number of benzene rings is 2. The fourth-order valence-corrected chi connectivity index (χ4v) is 2.85. The standard InChI is InChI=1S/C18H15FN2O2S/c19-16-6-1-12(7-15(16)9-22)8-20-18(23)14-4-2-13(3-5-14)17-10-24-11-21-17/h1-7,10-11,22H,8-9H2,(H,20,23). The second-order valence-corrected chi connectivity index (χ2v) is 5.94. The maximum absolute atomic E-state index is 13.3. The molecule has 2 N–H and O–H groups in total. The highest BCUT2D eigenvalue weighted by Crippen LogP contribution is 2.19. The number of hydrogen-bond acceptors (Lipinski definition) is 4. The maximum atomic E-state index is 13.3. The van der Waals surface area contributed by atoms with Crippen molar-refractivity contribution in [2.75, 3.05) is 0 Å². The number of nitrogens with one attached hydrogen (secondary N) is 1. The van der Waals surface area contributed by atoms with Gasteiger partial charge in [0.2, 0.25) is 0 Å². The van der Waals surface area contributed by atoms with Crippen molar-refractivity contribution in [1.82, 2.24) is 10.3 Å². The first-order valence-corrected chi connectivity index (χ1v) is 8.26. The van der Waals surface area contributed by atoms with Gasteiger partial charge in [0.25, 0.3) is 5.91 Å². The van der Waals surface area contributed by atoms with Crippen molar-refractivity contribution in [1.29, 1.82) is 0 Å². The molecule has 0 saturated carbocycles. The van der Waals surface area contributed by atoms with Gasteiger partial charge >= 0.3 is 0 Å². The van der Waals surface area contributed by atoms with Gasteiger partial charge in [-0.15, -0.1) is 11.3 Å². The van der Waals surface area contributed by atoms with Crippen LogP contribution in [0.5, 0.6) is 0 Å². The molecule has 24 heavy (non-hydrogen) atoms. The summed E-state index contributed by atoms with van der Waals surface area (Å²) < 4.78 is 13.3. The van der Waals surface area contributed by atoms with Gasteiger partial charge in [0, 0.05) is 28.6 Å². The molecule has 3 rings (SSSR count). The zero-order valence-corrected chi connectivity index (χ0v) is 13.5. The highest BCUT2D eigenvalue weighted by Gasteiger charge is 2.08. The molecular formula is C18H15FN2O2S. The Morgan fingerprint density at radius 2 is 2.00 bits per heavy atom. The summed E-state index contributed by atoms with van der Waals surface area (Å²) in [5, 5.41) is 13.8. The summed E-state index contributed by atoms with van der Waals surface area (Å²) in [7, 11) is 0. The Balaban J connectivity index is 1.65. The summed E-state index contributed by atoms with van der Waals surface area (Å²) in [5.74, 6) is -0.667. The SMILES string of the molecule is O=C(NCc1ccc(F)c(CO)c1)c1ccc(-c2cscn2)cc1. The fourth-order valence-electron chi connectivity index (χ4n) is 2.29. The highest BCUT2D eigenvalue weighted by atomic mass is 32.1. The van der Waals surface area contributed by atoms with Gasteiger partial charge in [0.1, 0.15) is 5.82 Å². The van der Waals surface area contributed by atoms with E-state index in [2.05, 4.69) is 10.3 Å². The molecule has 1 amide bonds. The van der Waals surface area contributed by atoms with Crippen LogP contribution in [0.15, 0.2) is 53.4 Å². The van der Waals surface area contributed by atoms with Crippen molar-refractivity contribution in [3.63, 3.8) is 0 Å². The molecule has 2 aromatic carbocycles. The molecule has 3 aromatic rings. The van der Waals surface area contributed by atoms with Gasteiger partial charge in [0.15, 0.2) is 0 Å². The highest BCUT2D eigenvalue weighted by molar-refractivity contribution is 7.07. The van der Waals surface area contributed by atoms with Crippen LogP contribution in [0.2, 0.25) is 0 Å². The smallest absolute Gasteiger partial charge is 0.251 e. The Labute approximate surface area is 142 Å². The monoisotopic (exact) mass is 342 g/mol. The van der Waals surface area contributed by atoms with Crippen molar-refractivity contribution >= 4 is 17.2 Å². The van der Waals surface area contributed by atoms with Crippen LogP contribution >= 0.6 is 11.3 Å². The summed E-state index contributed by atoms with van der Waals surface area (Å²) in [6.45, 7) is -0.106. The Morgan fingerprint density at radius 3 is 2.67 bits per heavy atom. The third-order valence-corrected chi connectivity index (χ3v) is 4.20. The van der Waals surface area contributed by atoms with E-state index in [1.807, 2.05) is 17.5 Å². The van der Waals surface area contributed by atoms with E-state index in [4.69, 9.17) is 5.11 Å². The van der Waals surface area contributed by atoms with E-state index >= 15 is 0 Å². The number of aliphatic hydroxyl groups is 1. The van der Waals surface area contributed by atoms with E-state index in [0.717, 1.165) is 16.8 Å². The number of carbonyl (C=O) groups excluding carboxylic acids is 1. The molecule has 122 valence electrons. The number of aromatic nitrogens is 1. The molecule has 0 aliphatic heterocycles. The van der Waals surface area contributed by atoms with Crippen molar-refractivity contribution in [2.45, 2.75) is 13.2 Å². The predicted molar refractivity (Wildman–Crippen MR) is 91.0 cm³/mol. The van der Waals surface area contributed by atoms with Crippen LogP contribution in [0.4, 0.5) is 4.39 Å². The Kier molecular flexibility index (Phi) is 4.98. The molecule has 0 radical (unpaired) electrons. The first-order chi connectivity index (χ1) is 11.7. The average molecular weight is 342 g/mol. The molecule has 1 aromatic heterocycles. The van der Waals surface area contributed by atoms with Gasteiger partial charge in [0.05, 0.1) is 17.8 Å². The van der Waals surface area contributed by atoms with Crippen LogP contribution < -0.4 is 5.32 Å². The average Bonchev–Trinajstić information content (AvgIpc) is 3.15. The van der Waals surface area contributed by atoms with Crippen molar-refractivity contribution in [2.24, 2.45) is 0 Å². The Morgan fingerprint density at radius 1 is 1.21 bits per heavy atom. The second kappa shape index (κ2) is 7.33. The summed E-state index contributed by atoms with van der Waals surface area (Å²) in [4.78, 5) is 16.4. The number of rotatable bonds is 5. The van der Waals surface area contributed by atoms with Gasteiger partial charge in [-0.1, -0.05) is 18.2 Å². The number of amides is 1. The molecule has 0 aliphatic carbocycles. The molecule has 1 heterocycles. The second-order valence-electron chi connectivity index (χ2n) is 5.22. The maximum Gasteiger partial charge on any atom is 0.251 e. The van der Waals surface area contributed by atoms with Gasteiger partial charge in [-0.2, -0.15) is 0 Å². The Bertz CT molecular complexity index is 833. The molecule has 0 fully saturated rings. The van der Waals surface area contributed by atoms with Gasteiger partial charge < -0.3 is 10.4 Å². The van der Waals surface area contributed by atoms with E-state index in [1.165, 1.54) is 17.4 Å². The molecule has 0 bridgehead atoms. The van der Waals surface area contributed by atoms with Crippen molar-refractivity contribution < 1.29 is 14.3 Å². The van der Waals surface area contributed by atoms with Crippen LogP contribution in [0, 0.1) is 5.82 Å². The minimum atomic E-state index is -0.454. The van der Waals surface area contributed by atoms with Crippen LogP contribution in [0.3, 0.4) is 0 Å². The topological polar surface area (TPSA) is 62.2 Å². The van der Waals surface area contributed by atoms with Crippen LogP contribution in [-0.2, 0) is 13.2 Å². The fraction of sp³-hybridized carbons (Fsp3) is 0.111. The number of thiazole rings is 1. The molecule has 0 spiro atoms. The predicted octanol–water partition coefficient (Wildman–Crippen LogP) is 3.37. The number of nitrogens with zero attached hydrogens (tertiary/aromatic N) is 1. The Hall–Kier alpha value is -2.57. The lowest BCUT2D eigenvalue weighted by atomic mass is 10.1. The zero-order chi connectivity index (χ0) is 16.9. The summed E-state index contributed by atoms with van der Waals surface area (Å²) in [6.07, 6.45) is 0. The largest absolute Gasteiger partial charge is 0.392 e.